The summed E-state index contributed by atoms with van der Waals surface area (Å²) >= 11 is 0. The number of carbonyl (C=O) groups excluding carboxylic acids is 1. The van der Waals surface area contributed by atoms with Gasteiger partial charge in [-0.1, -0.05) is 26.7 Å². The number of hydrogen-bond donors (Lipinski definition) is 1. The number of rotatable bonds is 1. The number of fused-ring (bicyclic) bond motifs is 5. The van der Waals surface area contributed by atoms with Crippen LogP contribution in [0.2, 0.25) is 0 Å². The average molecular weight is 352 g/mol. The van der Waals surface area contributed by atoms with Crippen LogP contribution in [0.3, 0.4) is 0 Å². The predicted octanol–water partition coefficient (Wildman–Crippen LogP) is 6.01. The zero-order valence-corrected chi connectivity index (χ0v) is 16.4. The van der Waals surface area contributed by atoms with Gasteiger partial charge in [0.25, 0.3) is 0 Å². The Morgan fingerprint density at radius 1 is 1.08 bits per heavy atom. The van der Waals surface area contributed by atoms with Crippen LogP contribution in [0.5, 0.6) is 0 Å². The maximum atomic E-state index is 13.3. The van der Waals surface area contributed by atoms with Crippen molar-refractivity contribution in [2.24, 2.45) is 34.5 Å². The normalized spacial score (nSPS) is 46.7. The summed E-state index contributed by atoms with van der Waals surface area (Å²) < 4.78 is 0. The summed E-state index contributed by atoms with van der Waals surface area (Å²) in [5.41, 5.74) is 2.61. The van der Waals surface area contributed by atoms with Crippen LogP contribution >= 0.6 is 0 Å². The third kappa shape index (κ3) is 2.26. The minimum atomic E-state index is -0.0997. The van der Waals surface area contributed by atoms with Crippen LogP contribution in [0.1, 0.15) is 77.3 Å². The van der Waals surface area contributed by atoms with Gasteiger partial charge in [-0.3, -0.25) is 4.79 Å². The Labute approximate surface area is 157 Å². The zero-order valence-electron chi connectivity index (χ0n) is 16.4. The van der Waals surface area contributed by atoms with Crippen molar-refractivity contribution >= 4 is 11.9 Å². The highest BCUT2D eigenvalue weighted by molar-refractivity contribution is 6.05. The fourth-order valence-electron chi connectivity index (χ4n) is 7.72. The maximum absolute atomic E-state index is 13.3. The SMILES string of the molecule is C[C@]12CCCC[C@H]1CC[C@H]1[C@H]2CC[C@]2(C)C(=O)/C(=C/c3ccc[nH]3)C[C@H]12. The van der Waals surface area contributed by atoms with Crippen molar-refractivity contribution in [1.29, 1.82) is 0 Å². The van der Waals surface area contributed by atoms with E-state index in [0.717, 1.165) is 41.9 Å². The first-order valence-electron chi connectivity index (χ1n) is 10.9. The van der Waals surface area contributed by atoms with Crippen molar-refractivity contribution in [3.05, 3.63) is 29.6 Å². The second-order valence-electron chi connectivity index (χ2n) is 10.2. The van der Waals surface area contributed by atoms with Gasteiger partial charge in [-0.15, -0.1) is 0 Å². The molecule has 0 aliphatic heterocycles. The van der Waals surface area contributed by atoms with E-state index < -0.39 is 0 Å². The molecule has 1 N–H and O–H groups in total. The number of H-pyrrole nitrogens is 1. The lowest BCUT2D eigenvalue weighted by Crippen LogP contribution is -2.52. The fraction of sp³-hybridized carbons (Fsp3) is 0.708. The molecule has 1 aromatic rings. The van der Waals surface area contributed by atoms with Crippen molar-refractivity contribution < 1.29 is 4.79 Å². The largest absolute Gasteiger partial charge is 0.362 e. The number of hydrogen-bond acceptors (Lipinski definition) is 1. The summed E-state index contributed by atoms with van der Waals surface area (Å²) in [6.07, 6.45) is 16.0. The molecule has 4 saturated carbocycles. The Kier molecular flexibility index (Phi) is 3.78. The number of Topliss-reactive ketones (excluding diaryl/α,β-unsaturated/α-hetero) is 1. The van der Waals surface area contributed by atoms with Crippen molar-refractivity contribution in [3.63, 3.8) is 0 Å². The second kappa shape index (κ2) is 5.84. The molecule has 0 unspecified atom stereocenters. The Morgan fingerprint density at radius 3 is 2.77 bits per heavy atom. The molecule has 1 heterocycles. The highest BCUT2D eigenvalue weighted by Gasteiger charge is 2.60. The van der Waals surface area contributed by atoms with Gasteiger partial charge < -0.3 is 4.98 Å². The van der Waals surface area contributed by atoms with Crippen LogP contribution in [-0.2, 0) is 4.79 Å². The van der Waals surface area contributed by atoms with Crippen LogP contribution in [-0.4, -0.2) is 10.8 Å². The fourth-order valence-corrected chi connectivity index (χ4v) is 7.72. The summed E-state index contributed by atoms with van der Waals surface area (Å²) in [6, 6.07) is 4.09. The molecule has 26 heavy (non-hydrogen) atoms. The molecule has 1 aromatic heterocycles. The van der Waals surface area contributed by atoms with E-state index in [0.29, 0.717) is 17.1 Å². The molecule has 0 amide bonds. The topological polar surface area (TPSA) is 32.9 Å². The number of aromatic nitrogens is 1. The molecular formula is C24H33NO. The highest BCUT2D eigenvalue weighted by Crippen LogP contribution is 2.66. The molecule has 2 nitrogen and oxygen atoms in total. The number of carbonyl (C=O) groups is 1. The van der Waals surface area contributed by atoms with Gasteiger partial charge in [0.05, 0.1) is 0 Å². The van der Waals surface area contributed by atoms with Gasteiger partial charge in [-0.25, -0.2) is 0 Å². The zero-order chi connectivity index (χ0) is 17.9. The molecule has 0 bridgehead atoms. The van der Waals surface area contributed by atoms with Gasteiger partial charge in [0, 0.05) is 17.3 Å². The van der Waals surface area contributed by atoms with Crippen molar-refractivity contribution in [3.8, 4) is 0 Å². The maximum Gasteiger partial charge on any atom is 0.165 e. The quantitative estimate of drug-likeness (QED) is 0.617. The highest BCUT2D eigenvalue weighted by atomic mass is 16.1. The summed E-state index contributed by atoms with van der Waals surface area (Å²) in [7, 11) is 0. The van der Waals surface area contributed by atoms with Gasteiger partial charge in [0.15, 0.2) is 5.78 Å². The van der Waals surface area contributed by atoms with Crippen molar-refractivity contribution in [1.82, 2.24) is 4.98 Å². The minimum Gasteiger partial charge on any atom is -0.362 e. The van der Waals surface area contributed by atoms with E-state index in [1.807, 2.05) is 12.3 Å². The average Bonchev–Trinajstić information content (AvgIpc) is 3.23. The Bertz CT molecular complexity index is 731. The summed E-state index contributed by atoms with van der Waals surface area (Å²) in [4.78, 5) is 16.6. The van der Waals surface area contributed by atoms with Crippen LogP contribution in [0.4, 0.5) is 0 Å². The van der Waals surface area contributed by atoms with Crippen molar-refractivity contribution in [2.45, 2.75) is 71.6 Å². The molecule has 4 aliphatic rings. The molecule has 5 rings (SSSR count). The van der Waals surface area contributed by atoms with E-state index in [4.69, 9.17) is 0 Å². The van der Waals surface area contributed by atoms with Crippen LogP contribution in [0, 0.1) is 34.5 Å². The number of aromatic amines is 1. The standard InChI is InChI=1S/C24H33NO/c1-23-11-4-3-6-17(23)8-9-19-20(23)10-12-24(2)21(19)15-16(22(24)26)14-18-7-5-13-25-18/h5,7,13-14,17,19-21,25H,3-4,6,8-12,15H2,1-2H3/b16-14+/t17-,19-,20+,21+,23-,24-/m0/s1. The third-order valence-corrected chi connectivity index (χ3v) is 9.17. The third-order valence-electron chi connectivity index (χ3n) is 9.17. The van der Waals surface area contributed by atoms with E-state index in [2.05, 4.69) is 31.0 Å². The van der Waals surface area contributed by atoms with E-state index >= 15 is 0 Å². The molecule has 2 heteroatoms. The van der Waals surface area contributed by atoms with Gasteiger partial charge in [0.2, 0.25) is 0 Å². The molecule has 0 spiro atoms. The molecule has 4 fully saturated rings. The van der Waals surface area contributed by atoms with Gasteiger partial charge in [0.1, 0.15) is 0 Å². The predicted molar refractivity (Wildman–Crippen MR) is 106 cm³/mol. The van der Waals surface area contributed by atoms with E-state index in [-0.39, 0.29) is 5.41 Å². The van der Waals surface area contributed by atoms with E-state index in [1.54, 1.807) is 0 Å². The first kappa shape index (κ1) is 16.8. The Morgan fingerprint density at radius 2 is 1.96 bits per heavy atom. The van der Waals surface area contributed by atoms with Gasteiger partial charge in [-0.2, -0.15) is 0 Å². The molecular weight excluding hydrogens is 318 g/mol. The molecule has 0 aromatic carbocycles. The molecule has 140 valence electrons. The van der Waals surface area contributed by atoms with Crippen molar-refractivity contribution in [2.75, 3.05) is 0 Å². The van der Waals surface area contributed by atoms with Gasteiger partial charge >= 0.3 is 0 Å². The van der Waals surface area contributed by atoms with Crippen LogP contribution in [0.15, 0.2) is 23.9 Å². The summed E-state index contributed by atoms with van der Waals surface area (Å²) in [6.45, 7) is 4.91. The number of allylic oxidation sites excluding steroid dienone is 1. The summed E-state index contributed by atoms with van der Waals surface area (Å²) in [5, 5.41) is 0. The summed E-state index contributed by atoms with van der Waals surface area (Å²) in [5.74, 6) is 3.61. The smallest absolute Gasteiger partial charge is 0.165 e. The van der Waals surface area contributed by atoms with Crippen LogP contribution in [0.25, 0.3) is 6.08 Å². The molecule has 4 aliphatic carbocycles. The van der Waals surface area contributed by atoms with Crippen LogP contribution < -0.4 is 0 Å². The lowest BCUT2D eigenvalue weighted by atomic mass is 9.45. The lowest BCUT2D eigenvalue weighted by molar-refractivity contribution is -0.137. The van der Waals surface area contributed by atoms with Gasteiger partial charge in [-0.05, 0) is 97.8 Å². The number of nitrogens with one attached hydrogen (secondary N) is 1. The lowest BCUT2D eigenvalue weighted by Gasteiger charge is -2.59. The molecule has 0 saturated heterocycles. The molecule has 0 radical (unpaired) electrons. The Balaban J connectivity index is 1.47. The minimum absolute atomic E-state index is 0.0997. The Hall–Kier alpha value is -1.31. The van der Waals surface area contributed by atoms with E-state index in [9.17, 15) is 4.79 Å². The number of ketones is 1. The monoisotopic (exact) mass is 351 g/mol. The molecule has 6 atom stereocenters. The second-order valence-corrected chi connectivity index (χ2v) is 10.2. The first-order valence-corrected chi connectivity index (χ1v) is 10.9. The van der Waals surface area contributed by atoms with E-state index in [1.165, 1.54) is 44.9 Å². The first-order chi connectivity index (χ1) is 12.5.